The van der Waals surface area contributed by atoms with Gasteiger partial charge in [0.05, 0.1) is 23.7 Å². The fourth-order valence-corrected chi connectivity index (χ4v) is 2.95. The van der Waals surface area contributed by atoms with Crippen molar-refractivity contribution in [2.45, 2.75) is 64.5 Å². The molecular weight excluding hydrogens is 236 g/mol. The van der Waals surface area contributed by atoms with Crippen molar-refractivity contribution in [1.29, 1.82) is 0 Å². The molecule has 19 heavy (non-hydrogen) atoms. The predicted octanol–water partition coefficient (Wildman–Crippen LogP) is 3.68. The first kappa shape index (κ1) is 14.3. The maximum Gasteiger partial charge on any atom is 0.0957 e. The minimum atomic E-state index is -0.429. The fourth-order valence-electron chi connectivity index (χ4n) is 2.95. The summed E-state index contributed by atoms with van der Waals surface area (Å²) in [5.41, 5.74) is 2.00. The third-order valence-electron chi connectivity index (χ3n) is 4.08. The molecule has 1 saturated heterocycles. The highest BCUT2D eigenvalue weighted by molar-refractivity contribution is 5.46. The first-order valence-electron chi connectivity index (χ1n) is 7.67. The van der Waals surface area contributed by atoms with Crippen LogP contribution >= 0.6 is 0 Å². The van der Waals surface area contributed by atoms with E-state index in [0.717, 1.165) is 12.2 Å². The zero-order valence-corrected chi connectivity index (χ0v) is 12.2. The highest BCUT2D eigenvalue weighted by Crippen LogP contribution is 2.27. The van der Waals surface area contributed by atoms with Gasteiger partial charge in [-0.1, -0.05) is 20.3 Å². The van der Waals surface area contributed by atoms with E-state index < -0.39 is 6.10 Å². The van der Waals surface area contributed by atoms with Crippen LogP contribution in [0, 0.1) is 0 Å². The molecule has 106 valence electrons. The first-order chi connectivity index (χ1) is 9.26. The van der Waals surface area contributed by atoms with Gasteiger partial charge in [0.1, 0.15) is 0 Å². The Hall–Kier alpha value is -1.09. The fraction of sp³-hybridized carbons (Fsp3) is 0.688. The molecule has 2 heterocycles. The van der Waals surface area contributed by atoms with E-state index in [9.17, 15) is 5.11 Å². The summed E-state index contributed by atoms with van der Waals surface area (Å²) < 4.78 is 0. The second kappa shape index (κ2) is 6.90. The molecule has 2 atom stereocenters. The molecule has 1 N–H and O–H groups in total. The van der Waals surface area contributed by atoms with Gasteiger partial charge in [-0.15, -0.1) is 0 Å². The molecule has 0 saturated carbocycles. The van der Waals surface area contributed by atoms with Crippen LogP contribution in [0.3, 0.4) is 0 Å². The summed E-state index contributed by atoms with van der Waals surface area (Å²) in [5, 5.41) is 9.79. The number of aliphatic hydroxyl groups is 1. The molecule has 0 spiro atoms. The summed E-state index contributed by atoms with van der Waals surface area (Å²) in [6.07, 6.45) is 8.65. The van der Waals surface area contributed by atoms with Gasteiger partial charge in [0.25, 0.3) is 0 Å². The van der Waals surface area contributed by atoms with Crippen molar-refractivity contribution < 1.29 is 5.11 Å². The van der Waals surface area contributed by atoms with Crippen LogP contribution in [0.25, 0.3) is 0 Å². The van der Waals surface area contributed by atoms with Gasteiger partial charge in [-0.25, -0.2) is 0 Å². The summed E-state index contributed by atoms with van der Waals surface area (Å²) >= 11 is 0. The molecule has 0 amide bonds. The number of pyridine rings is 1. The number of hydrogen-bond donors (Lipinski definition) is 1. The topological polar surface area (TPSA) is 36.4 Å². The normalized spacial score (nSPS) is 21.4. The number of aliphatic hydroxyl groups excluding tert-OH is 1. The Morgan fingerprint density at radius 1 is 1.37 bits per heavy atom. The maximum atomic E-state index is 9.79. The van der Waals surface area contributed by atoms with Gasteiger partial charge >= 0.3 is 0 Å². The molecule has 1 aromatic heterocycles. The smallest absolute Gasteiger partial charge is 0.0957 e. The zero-order chi connectivity index (χ0) is 13.7. The van der Waals surface area contributed by atoms with Crippen molar-refractivity contribution in [1.82, 2.24) is 4.98 Å². The molecule has 1 aliphatic heterocycles. The van der Waals surface area contributed by atoms with Crippen LogP contribution < -0.4 is 4.90 Å². The van der Waals surface area contributed by atoms with Gasteiger partial charge in [-0.2, -0.15) is 0 Å². The second-order valence-corrected chi connectivity index (χ2v) is 5.50. The van der Waals surface area contributed by atoms with E-state index >= 15 is 0 Å². The molecule has 0 aromatic carbocycles. The van der Waals surface area contributed by atoms with E-state index in [1.807, 2.05) is 19.2 Å². The Balaban J connectivity index is 2.11. The summed E-state index contributed by atoms with van der Waals surface area (Å²) in [6, 6.07) is 4.76. The quantitative estimate of drug-likeness (QED) is 0.879. The SMILES string of the molecule is CCCC1CCCCN1c1ccc(C(O)CC)nc1. The lowest BCUT2D eigenvalue weighted by Crippen LogP contribution is -2.39. The Kier molecular flexibility index (Phi) is 5.20. The molecule has 2 rings (SSSR count). The molecule has 2 unspecified atom stereocenters. The van der Waals surface area contributed by atoms with E-state index in [0.29, 0.717) is 12.5 Å². The van der Waals surface area contributed by atoms with Gasteiger partial charge in [0.2, 0.25) is 0 Å². The summed E-state index contributed by atoms with van der Waals surface area (Å²) in [5.74, 6) is 0. The highest BCUT2D eigenvalue weighted by Gasteiger charge is 2.22. The maximum absolute atomic E-state index is 9.79. The van der Waals surface area contributed by atoms with E-state index in [-0.39, 0.29) is 0 Å². The van der Waals surface area contributed by atoms with Gasteiger partial charge in [-0.3, -0.25) is 4.98 Å². The third-order valence-corrected chi connectivity index (χ3v) is 4.08. The van der Waals surface area contributed by atoms with Crippen molar-refractivity contribution in [3.05, 3.63) is 24.0 Å². The minimum absolute atomic E-state index is 0.429. The van der Waals surface area contributed by atoms with Crippen molar-refractivity contribution in [3.8, 4) is 0 Å². The van der Waals surface area contributed by atoms with Crippen LogP contribution in [0.15, 0.2) is 18.3 Å². The molecule has 0 aliphatic carbocycles. The minimum Gasteiger partial charge on any atom is -0.387 e. The monoisotopic (exact) mass is 262 g/mol. The lowest BCUT2D eigenvalue weighted by Gasteiger charge is -2.37. The molecule has 1 fully saturated rings. The average Bonchev–Trinajstić information content (AvgIpc) is 2.47. The number of nitrogens with zero attached hydrogens (tertiary/aromatic N) is 2. The van der Waals surface area contributed by atoms with Crippen molar-refractivity contribution in [2.75, 3.05) is 11.4 Å². The number of anilines is 1. The highest BCUT2D eigenvalue weighted by atomic mass is 16.3. The third kappa shape index (κ3) is 3.47. The summed E-state index contributed by atoms with van der Waals surface area (Å²) in [6.45, 7) is 5.37. The Morgan fingerprint density at radius 3 is 2.84 bits per heavy atom. The Labute approximate surface area is 116 Å². The molecule has 1 aliphatic rings. The van der Waals surface area contributed by atoms with E-state index in [4.69, 9.17) is 0 Å². The molecule has 3 heteroatoms. The van der Waals surface area contributed by atoms with Crippen LogP contribution in [0.2, 0.25) is 0 Å². The zero-order valence-electron chi connectivity index (χ0n) is 12.2. The van der Waals surface area contributed by atoms with Gasteiger partial charge in [0.15, 0.2) is 0 Å². The van der Waals surface area contributed by atoms with Gasteiger partial charge in [-0.05, 0) is 44.2 Å². The van der Waals surface area contributed by atoms with E-state index in [1.165, 1.54) is 37.8 Å². The van der Waals surface area contributed by atoms with Crippen LogP contribution in [-0.4, -0.2) is 22.7 Å². The van der Waals surface area contributed by atoms with Crippen LogP contribution in [0.5, 0.6) is 0 Å². The number of aromatic nitrogens is 1. The lowest BCUT2D eigenvalue weighted by atomic mass is 9.97. The molecule has 1 aromatic rings. The van der Waals surface area contributed by atoms with Crippen LogP contribution in [-0.2, 0) is 0 Å². The van der Waals surface area contributed by atoms with Gasteiger partial charge in [0, 0.05) is 12.6 Å². The van der Waals surface area contributed by atoms with Crippen molar-refractivity contribution in [3.63, 3.8) is 0 Å². The summed E-state index contributed by atoms with van der Waals surface area (Å²) in [7, 11) is 0. The average molecular weight is 262 g/mol. The molecule has 0 bridgehead atoms. The van der Waals surface area contributed by atoms with Gasteiger partial charge < -0.3 is 10.0 Å². The van der Waals surface area contributed by atoms with E-state index in [2.05, 4.69) is 22.9 Å². The first-order valence-corrected chi connectivity index (χ1v) is 7.67. The largest absolute Gasteiger partial charge is 0.387 e. The molecular formula is C16H26N2O. The summed E-state index contributed by atoms with van der Waals surface area (Å²) in [4.78, 5) is 6.93. The predicted molar refractivity (Wildman–Crippen MR) is 79.4 cm³/mol. The van der Waals surface area contributed by atoms with E-state index in [1.54, 1.807) is 0 Å². The lowest BCUT2D eigenvalue weighted by molar-refractivity contribution is 0.169. The molecule has 0 radical (unpaired) electrons. The molecule has 3 nitrogen and oxygen atoms in total. The standard InChI is InChI=1S/C16H26N2O/c1-3-7-13-8-5-6-11-18(13)14-9-10-15(17-12-14)16(19)4-2/h9-10,12-13,16,19H,3-8,11H2,1-2H3. The number of hydrogen-bond acceptors (Lipinski definition) is 3. The second-order valence-electron chi connectivity index (χ2n) is 5.50. The Morgan fingerprint density at radius 2 is 2.21 bits per heavy atom. The van der Waals surface area contributed by atoms with Crippen molar-refractivity contribution in [2.24, 2.45) is 0 Å². The van der Waals surface area contributed by atoms with Crippen LogP contribution in [0.4, 0.5) is 5.69 Å². The Bertz CT molecular complexity index is 375. The van der Waals surface area contributed by atoms with Crippen LogP contribution in [0.1, 0.15) is 64.2 Å². The van der Waals surface area contributed by atoms with Crippen molar-refractivity contribution >= 4 is 5.69 Å². The number of rotatable bonds is 5. The number of piperidine rings is 1.